The molecule has 24 heavy (non-hydrogen) atoms. The molecule has 3 rings (SSSR count). The number of amides is 2. The van der Waals surface area contributed by atoms with Crippen molar-refractivity contribution in [2.45, 2.75) is 11.3 Å². The molecule has 1 fully saturated rings. The van der Waals surface area contributed by atoms with Crippen molar-refractivity contribution >= 4 is 29.3 Å². The maximum atomic E-state index is 12.4. The molecule has 1 unspecified atom stereocenters. The minimum absolute atomic E-state index is 0.0782. The van der Waals surface area contributed by atoms with Crippen molar-refractivity contribution < 1.29 is 9.59 Å². The lowest BCUT2D eigenvalue weighted by Crippen LogP contribution is -2.31. The van der Waals surface area contributed by atoms with Crippen LogP contribution >= 0.6 is 11.8 Å². The molecular formula is C19H20N2O2S. The molecule has 1 N–H and O–H groups in total. The molecule has 0 aliphatic carbocycles. The standard InChI is InChI=1S/C19H20N2O2S/c1-24-17-10-6-5-9-16(17)19(23)20-12-14-11-18(22)21(13-14)15-7-3-2-4-8-15/h2-10,14H,11-13H2,1H3,(H,20,23). The average molecular weight is 340 g/mol. The Bertz CT molecular complexity index is 733. The lowest BCUT2D eigenvalue weighted by molar-refractivity contribution is -0.117. The van der Waals surface area contributed by atoms with E-state index in [1.807, 2.05) is 60.9 Å². The number of rotatable bonds is 5. The van der Waals surface area contributed by atoms with Crippen molar-refractivity contribution in [1.29, 1.82) is 0 Å². The van der Waals surface area contributed by atoms with E-state index in [2.05, 4.69) is 5.32 Å². The molecule has 1 aliphatic rings. The van der Waals surface area contributed by atoms with E-state index in [9.17, 15) is 9.59 Å². The molecule has 4 nitrogen and oxygen atoms in total. The van der Waals surface area contributed by atoms with Gasteiger partial charge in [-0.2, -0.15) is 0 Å². The normalized spacial score (nSPS) is 17.1. The molecule has 2 aromatic rings. The van der Waals surface area contributed by atoms with Crippen LogP contribution in [0.2, 0.25) is 0 Å². The molecule has 1 aliphatic heterocycles. The van der Waals surface area contributed by atoms with Gasteiger partial charge in [0.1, 0.15) is 0 Å². The minimum Gasteiger partial charge on any atom is -0.352 e. The smallest absolute Gasteiger partial charge is 0.252 e. The number of carbonyl (C=O) groups excluding carboxylic acids is 2. The quantitative estimate of drug-likeness (QED) is 0.851. The van der Waals surface area contributed by atoms with Crippen molar-refractivity contribution in [2.24, 2.45) is 5.92 Å². The Labute approximate surface area is 146 Å². The van der Waals surface area contributed by atoms with E-state index >= 15 is 0 Å². The molecular weight excluding hydrogens is 320 g/mol. The fraction of sp³-hybridized carbons (Fsp3) is 0.263. The lowest BCUT2D eigenvalue weighted by Gasteiger charge is -2.17. The van der Waals surface area contributed by atoms with Gasteiger partial charge >= 0.3 is 0 Å². The molecule has 0 spiro atoms. The number of para-hydroxylation sites is 1. The van der Waals surface area contributed by atoms with Crippen LogP contribution in [0.15, 0.2) is 59.5 Å². The number of carbonyl (C=O) groups is 2. The zero-order valence-corrected chi connectivity index (χ0v) is 14.4. The Kier molecular flexibility index (Phi) is 5.20. The highest BCUT2D eigenvalue weighted by molar-refractivity contribution is 7.98. The second-order valence-corrected chi connectivity index (χ2v) is 6.67. The highest BCUT2D eigenvalue weighted by Crippen LogP contribution is 2.25. The van der Waals surface area contributed by atoms with Gasteiger partial charge in [0, 0.05) is 36.0 Å². The summed E-state index contributed by atoms with van der Waals surface area (Å²) in [7, 11) is 0. The molecule has 0 bridgehead atoms. The number of hydrogen-bond donors (Lipinski definition) is 1. The molecule has 0 aromatic heterocycles. The maximum absolute atomic E-state index is 12.4. The third kappa shape index (κ3) is 3.62. The Morgan fingerprint density at radius 1 is 1.17 bits per heavy atom. The van der Waals surface area contributed by atoms with Gasteiger partial charge in [-0.3, -0.25) is 9.59 Å². The van der Waals surface area contributed by atoms with Gasteiger partial charge in [-0.05, 0) is 30.5 Å². The summed E-state index contributed by atoms with van der Waals surface area (Å²) >= 11 is 1.56. The minimum atomic E-state index is -0.0782. The summed E-state index contributed by atoms with van der Waals surface area (Å²) < 4.78 is 0. The third-order valence-corrected chi connectivity index (χ3v) is 4.97. The van der Waals surface area contributed by atoms with Crippen LogP contribution < -0.4 is 10.2 Å². The Balaban J connectivity index is 1.60. The van der Waals surface area contributed by atoms with Crippen LogP contribution in [0, 0.1) is 5.92 Å². The van der Waals surface area contributed by atoms with Crippen molar-refractivity contribution in [3.05, 3.63) is 60.2 Å². The van der Waals surface area contributed by atoms with Crippen LogP contribution in [0.25, 0.3) is 0 Å². The summed E-state index contributed by atoms with van der Waals surface area (Å²) in [5.74, 6) is 0.179. The predicted octanol–water partition coefficient (Wildman–Crippen LogP) is 3.19. The van der Waals surface area contributed by atoms with Gasteiger partial charge in [0.15, 0.2) is 0 Å². The molecule has 2 aromatic carbocycles. The molecule has 0 saturated carbocycles. The van der Waals surface area contributed by atoms with Gasteiger partial charge < -0.3 is 10.2 Å². The first-order valence-corrected chi connectivity index (χ1v) is 9.18. The van der Waals surface area contributed by atoms with Gasteiger partial charge in [0.25, 0.3) is 5.91 Å². The van der Waals surface area contributed by atoms with Crippen molar-refractivity contribution in [3.8, 4) is 0 Å². The van der Waals surface area contributed by atoms with Crippen LogP contribution in [-0.4, -0.2) is 31.2 Å². The lowest BCUT2D eigenvalue weighted by atomic mass is 10.1. The first-order valence-electron chi connectivity index (χ1n) is 7.95. The van der Waals surface area contributed by atoms with E-state index in [1.54, 1.807) is 16.7 Å². The van der Waals surface area contributed by atoms with Crippen LogP contribution in [-0.2, 0) is 4.79 Å². The molecule has 124 valence electrons. The first kappa shape index (κ1) is 16.6. The highest BCUT2D eigenvalue weighted by atomic mass is 32.2. The van der Waals surface area contributed by atoms with Crippen LogP contribution in [0.1, 0.15) is 16.8 Å². The number of anilines is 1. The summed E-state index contributed by atoms with van der Waals surface area (Å²) in [5.41, 5.74) is 1.61. The molecule has 0 radical (unpaired) electrons. The van der Waals surface area contributed by atoms with E-state index < -0.39 is 0 Å². The van der Waals surface area contributed by atoms with Crippen LogP contribution in [0.5, 0.6) is 0 Å². The van der Waals surface area contributed by atoms with Gasteiger partial charge in [0.05, 0.1) is 5.56 Å². The van der Waals surface area contributed by atoms with Gasteiger partial charge in [0.2, 0.25) is 5.91 Å². The SMILES string of the molecule is CSc1ccccc1C(=O)NCC1CC(=O)N(c2ccccc2)C1. The van der Waals surface area contributed by atoms with E-state index in [1.165, 1.54) is 0 Å². The largest absolute Gasteiger partial charge is 0.352 e. The number of nitrogens with one attached hydrogen (secondary N) is 1. The van der Waals surface area contributed by atoms with Gasteiger partial charge in [-0.15, -0.1) is 11.8 Å². The number of benzene rings is 2. The second-order valence-electron chi connectivity index (χ2n) is 5.82. The van der Waals surface area contributed by atoms with Crippen LogP contribution in [0.3, 0.4) is 0 Å². The van der Waals surface area contributed by atoms with E-state index in [4.69, 9.17) is 0 Å². The zero-order chi connectivity index (χ0) is 16.9. The molecule has 1 atom stereocenters. The predicted molar refractivity (Wildman–Crippen MR) is 97.5 cm³/mol. The fourth-order valence-corrected chi connectivity index (χ4v) is 3.54. The summed E-state index contributed by atoms with van der Waals surface area (Å²) in [5, 5.41) is 2.98. The van der Waals surface area contributed by atoms with Crippen LogP contribution in [0.4, 0.5) is 5.69 Å². The fourth-order valence-electron chi connectivity index (χ4n) is 2.94. The second kappa shape index (κ2) is 7.53. The van der Waals surface area contributed by atoms with E-state index in [0.29, 0.717) is 25.1 Å². The zero-order valence-electron chi connectivity index (χ0n) is 13.6. The number of nitrogens with zero attached hydrogens (tertiary/aromatic N) is 1. The first-order chi connectivity index (χ1) is 11.7. The molecule has 2 amide bonds. The number of thioether (sulfide) groups is 1. The van der Waals surface area contributed by atoms with Crippen molar-refractivity contribution in [3.63, 3.8) is 0 Å². The maximum Gasteiger partial charge on any atom is 0.252 e. The van der Waals surface area contributed by atoms with Gasteiger partial charge in [-0.25, -0.2) is 0 Å². The highest BCUT2D eigenvalue weighted by Gasteiger charge is 2.30. The number of hydrogen-bond acceptors (Lipinski definition) is 3. The summed E-state index contributed by atoms with van der Waals surface area (Å²) in [6, 6.07) is 17.2. The van der Waals surface area contributed by atoms with Crippen molar-refractivity contribution in [1.82, 2.24) is 5.32 Å². The Hall–Kier alpha value is -2.27. The summed E-state index contributed by atoms with van der Waals surface area (Å²) in [4.78, 5) is 27.4. The van der Waals surface area contributed by atoms with Gasteiger partial charge in [-0.1, -0.05) is 30.3 Å². The monoisotopic (exact) mass is 340 g/mol. The molecule has 1 heterocycles. The third-order valence-electron chi connectivity index (χ3n) is 4.18. The van der Waals surface area contributed by atoms with Crippen molar-refractivity contribution in [2.75, 3.05) is 24.2 Å². The molecule has 5 heteroatoms. The van der Waals surface area contributed by atoms with E-state index in [-0.39, 0.29) is 17.7 Å². The average Bonchev–Trinajstić information content (AvgIpc) is 3.01. The Morgan fingerprint density at radius 3 is 2.62 bits per heavy atom. The van der Waals surface area contributed by atoms with E-state index in [0.717, 1.165) is 10.6 Å². The summed E-state index contributed by atoms with van der Waals surface area (Å²) in [6.45, 7) is 1.16. The Morgan fingerprint density at radius 2 is 1.88 bits per heavy atom. The molecule has 1 saturated heterocycles. The topological polar surface area (TPSA) is 49.4 Å². The summed E-state index contributed by atoms with van der Waals surface area (Å²) in [6.07, 6.45) is 2.43.